The minimum absolute atomic E-state index is 0.168. The van der Waals surface area contributed by atoms with Crippen molar-refractivity contribution in [1.29, 1.82) is 0 Å². The minimum atomic E-state index is -1.02. The molecule has 1 aliphatic rings. The molecule has 9 nitrogen and oxygen atoms in total. The smallest absolute Gasteiger partial charge is 0.337 e. The van der Waals surface area contributed by atoms with Crippen molar-refractivity contribution in [2.45, 2.75) is 19.9 Å². The summed E-state index contributed by atoms with van der Waals surface area (Å²) in [5.74, 6) is -0.0468. The van der Waals surface area contributed by atoms with E-state index in [9.17, 15) is 14.7 Å². The van der Waals surface area contributed by atoms with Crippen molar-refractivity contribution < 1.29 is 19.1 Å². The van der Waals surface area contributed by atoms with Crippen LogP contribution in [0.2, 0.25) is 0 Å². The Bertz CT molecular complexity index is 1480. The lowest BCUT2D eigenvalue weighted by atomic mass is 10.0. The Morgan fingerprint density at radius 2 is 1.83 bits per heavy atom. The fourth-order valence-electron chi connectivity index (χ4n) is 4.38. The third-order valence-corrected chi connectivity index (χ3v) is 6.21. The van der Waals surface area contributed by atoms with E-state index in [-0.39, 0.29) is 17.0 Å². The third kappa shape index (κ3) is 4.65. The number of anilines is 2. The molecule has 1 fully saturated rings. The predicted octanol–water partition coefficient (Wildman–Crippen LogP) is 4.27. The van der Waals surface area contributed by atoms with Crippen molar-refractivity contribution in [3.05, 3.63) is 81.8 Å². The van der Waals surface area contributed by atoms with E-state index in [2.05, 4.69) is 15.3 Å². The van der Waals surface area contributed by atoms with Crippen molar-refractivity contribution in [3.63, 3.8) is 0 Å². The molecule has 0 aliphatic carbocycles. The first-order chi connectivity index (χ1) is 17.4. The molecule has 3 heterocycles. The fraction of sp³-hybridized carbons (Fsp3) is 0.259. The SMILES string of the molecule is Cc1cc(C(C)Nc2ccccc2C(=O)O)c2oc(-c3cnc(N4CCOCC4)nc3)cc(=O)c2c1. The van der Waals surface area contributed by atoms with E-state index in [0.29, 0.717) is 47.1 Å². The highest BCUT2D eigenvalue weighted by molar-refractivity contribution is 5.94. The molecule has 1 saturated heterocycles. The highest BCUT2D eigenvalue weighted by Crippen LogP contribution is 2.31. The first kappa shape index (κ1) is 23.5. The molecule has 0 radical (unpaired) electrons. The lowest BCUT2D eigenvalue weighted by Crippen LogP contribution is -2.37. The van der Waals surface area contributed by atoms with Crippen LogP contribution in [0.5, 0.6) is 0 Å². The Labute approximate surface area is 207 Å². The molecule has 0 saturated carbocycles. The second kappa shape index (κ2) is 9.79. The number of fused-ring (bicyclic) bond motifs is 1. The summed E-state index contributed by atoms with van der Waals surface area (Å²) in [6.07, 6.45) is 3.31. The van der Waals surface area contributed by atoms with E-state index >= 15 is 0 Å². The molecule has 0 bridgehead atoms. The molecule has 4 aromatic rings. The molecule has 36 heavy (non-hydrogen) atoms. The van der Waals surface area contributed by atoms with Crippen molar-refractivity contribution in [1.82, 2.24) is 9.97 Å². The molecule has 0 spiro atoms. The summed E-state index contributed by atoms with van der Waals surface area (Å²) >= 11 is 0. The number of hydrogen-bond acceptors (Lipinski definition) is 8. The molecule has 1 aliphatic heterocycles. The number of carboxylic acids is 1. The van der Waals surface area contributed by atoms with Gasteiger partial charge in [0.2, 0.25) is 5.95 Å². The molecule has 9 heteroatoms. The quantitative estimate of drug-likeness (QED) is 0.412. The van der Waals surface area contributed by atoms with Gasteiger partial charge in [0.15, 0.2) is 5.43 Å². The number of para-hydroxylation sites is 1. The molecule has 2 N–H and O–H groups in total. The van der Waals surface area contributed by atoms with E-state index in [1.54, 1.807) is 42.7 Å². The number of morpholine rings is 1. The van der Waals surface area contributed by atoms with Crippen LogP contribution < -0.4 is 15.6 Å². The topological polar surface area (TPSA) is 118 Å². The van der Waals surface area contributed by atoms with Crippen LogP contribution in [0.15, 0.2) is 64.1 Å². The Balaban J connectivity index is 1.53. The van der Waals surface area contributed by atoms with Crippen LogP contribution in [-0.4, -0.2) is 47.3 Å². The van der Waals surface area contributed by atoms with Crippen LogP contribution >= 0.6 is 0 Å². The number of nitrogens with one attached hydrogen (secondary N) is 1. The highest BCUT2D eigenvalue weighted by atomic mass is 16.5. The van der Waals surface area contributed by atoms with Crippen LogP contribution in [0.1, 0.15) is 34.5 Å². The first-order valence-electron chi connectivity index (χ1n) is 11.7. The number of nitrogens with zero attached hydrogens (tertiary/aromatic N) is 3. The second-order valence-corrected chi connectivity index (χ2v) is 8.79. The van der Waals surface area contributed by atoms with Crippen LogP contribution in [0, 0.1) is 6.92 Å². The summed E-state index contributed by atoms with van der Waals surface area (Å²) in [5.41, 5.74) is 3.15. The Morgan fingerprint density at radius 3 is 2.56 bits per heavy atom. The molecular weight excluding hydrogens is 460 g/mol. The van der Waals surface area contributed by atoms with E-state index in [1.807, 2.05) is 24.8 Å². The summed E-state index contributed by atoms with van der Waals surface area (Å²) < 4.78 is 11.6. The number of carbonyl (C=O) groups is 1. The molecule has 1 atom stereocenters. The number of aryl methyl sites for hydroxylation is 1. The lowest BCUT2D eigenvalue weighted by molar-refractivity contribution is 0.0698. The maximum atomic E-state index is 13.1. The Morgan fingerprint density at radius 1 is 1.11 bits per heavy atom. The highest BCUT2D eigenvalue weighted by Gasteiger charge is 2.19. The maximum absolute atomic E-state index is 13.1. The van der Waals surface area contributed by atoms with Gasteiger partial charge in [0.05, 0.1) is 35.8 Å². The van der Waals surface area contributed by atoms with Gasteiger partial charge in [-0.3, -0.25) is 4.79 Å². The van der Waals surface area contributed by atoms with Crippen molar-refractivity contribution in [2.75, 3.05) is 36.5 Å². The van der Waals surface area contributed by atoms with Crippen LogP contribution in [-0.2, 0) is 4.74 Å². The number of carboxylic acid groups (broad SMARTS) is 1. The number of ether oxygens (including phenoxy) is 1. The van der Waals surface area contributed by atoms with Gasteiger partial charge in [-0.05, 0) is 37.6 Å². The largest absolute Gasteiger partial charge is 0.478 e. The summed E-state index contributed by atoms with van der Waals surface area (Å²) in [4.78, 5) is 35.7. The van der Waals surface area contributed by atoms with E-state index < -0.39 is 5.97 Å². The first-order valence-corrected chi connectivity index (χ1v) is 11.7. The zero-order chi connectivity index (χ0) is 25.2. The average Bonchev–Trinajstić information content (AvgIpc) is 2.89. The zero-order valence-corrected chi connectivity index (χ0v) is 20.0. The summed E-state index contributed by atoms with van der Waals surface area (Å²) in [6.45, 7) is 6.53. The maximum Gasteiger partial charge on any atom is 0.337 e. The Hall–Kier alpha value is -4.24. The third-order valence-electron chi connectivity index (χ3n) is 6.21. The molecule has 184 valence electrons. The monoisotopic (exact) mass is 486 g/mol. The number of hydrogen-bond donors (Lipinski definition) is 2. The number of aromatic nitrogens is 2. The second-order valence-electron chi connectivity index (χ2n) is 8.79. The fourth-order valence-corrected chi connectivity index (χ4v) is 4.38. The summed E-state index contributed by atoms with van der Waals surface area (Å²) in [5, 5.41) is 13.3. The molecule has 1 unspecified atom stereocenters. The standard InChI is InChI=1S/C27H26N4O5/c1-16-11-20(17(2)30-22-6-4-3-5-19(22)26(33)34)25-21(12-16)23(32)13-24(36-25)18-14-28-27(29-15-18)31-7-9-35-10-8-31/h3-6,11-15,17,30H,7-10H2,1-2H3,(H,33,34). The number of rotatable bonds is 6. The van der Waals surface area contributed by atoms with Gasteiger partial charge in [0.1, 0.15) is 11.3 Å². The van der Waals surface area contributed by atoms with Crippen LogP contribution in [0.25, 0.3) is 22.3 Å². The normalized spacial score (nSPS) is 14.6. The van der Waals surface area contributed by atoms with Gasteiger partial charge in [-0.15, -0.1) is 0 Å². The van der Waals surface area contributed by atoms with Gasteiger partial charge in [-0.25, -0.2) is 14.8 Å². The van der Waals surface area contributed by atoms with E-state index in [4.69, 9.17) is 9.15 Å². The van der Waals surface area contributed by atoms with E-state index in [1.165, 1.54) is 6.07 Å². The van der Waals surface area contributed by atoms with Gasteiger partial charge < -0.3 is 24.5 Å². The van der Waals surface area contributed by atoms with Gasteiger partial charge in [0, 0.05) is 42.8 Å². The Kier molecular flexibility index (Phi) is 6.39. The van der Waals surface area contributed by atoms with Gasteiger partial charge >= 0.3 is 5.97 Å². The molecular formula is C27H26N4O5. The predicted molar refractivity (Wildman–Crippen MR) is 137 cm³/mol. The zero-order valence-electron chi connectivity index (χ0n) is 20.0. The molecule has 2 aromatic heterocycles. The average molecular weight is 487 g/mol. The summed E-state index contributed by atoms with van der Waals surface area (Å²) in [6, 6.07) is 11.6. The van der Waals surface area contributed by atoms with Gasteiger partial charge in [-0.2, -0.15) is 0 Å². The lowest BCUT2D eigenvalue weighted by Gasteiger charge is -2.26. The molecule has 0 amide bonds. The minimum Gasteiger partial charge on any atom is -0.478 e. The molecule has 2 aromatic carbocycles. The van der Waals surface area contributed by atoms with Crippen molar-refractivity contribution in [2.24, 2.45) is 0 Å². The van der Waals surface area contributed by atoms with Gasteiger partial charge in [0.25, 0.3) is 0 Å². The van der Waals surface area contributed by atoms with Crippen molar-refractivity contribution in [3.8, 4) is 11.3 Å². The number of benzene rings is 2. The van der Waals surface area contributed by atoms with E-state index in [0.717, 1.165) is 24.2 Å². The van der Waals surface area contributed by atoms with Gasteiger partial charge in [-0.1, -0.05) is 18.2 Å². The summed E-state index contributed by atoms with van der Waals surface area (Å²) in [7, 11) is 0. The van der Waals surface area contributed by atoms with Crippen molar-refractivity contribution >= 4 is 28.6 Å². The number of aromatic carboxylic acids is 1. The molecule has 5 rings (SSSR count). The van der Waals surface area contributed by atoms with Crippen LogP contribution in [0.3, 0.4) is 0 Å². The van der Waals surface area contributed by atoms with Crippen LogP contribution in [0.4, 0.5) is 11.6 Å².